The van der Waals surface area contributed by atoms with Gasteiger partial charge in [0.1, 0.15) is 0 Å². The smallest absolute Gasteiger partial charge is 0.0170 e. The average molecular weight is 289 g/mol. The zero-order valence-electron chi connectivity index (χ0n) is 12.9. The molecule has 1 aliphatic carbocycles. The molecule has 1 saturated carbocycles. The molecule has 1 fully saturated rings. The minimum absolute atomic E-state index is 0.649. The number of fused-ring (bicyclic) bond motifs is 1. The summed E-state index contributed by atoms with van der Waals surface area (Å²) in [6.45, 7) is 4.87. The second-order valence-corrected chi connectivity index (χ2v) is 8.01. The highest BCUT2D eigenvalue weighted by atomic mass is 32.2. The third-order valence-electron chi connectivity index (χ3n) is 5.23. The molecule has 110 valence electrons. The molecule has 0 amide bonds. The van der Waals surface area contributed by atoms with E-state index in [0.717, 1.165) is 17.8 Å². The minimum Gasteiger partial charge on any atom is -0.316 e. The lowest BCUT2D eigenvalue weighted by Crippen LogP contribution is -2.42. The molecule has 1 nitrogen and oxygen atoms in total. The van der Waals surface area contributed by atoms with Crippen LogP contribution in [0.25, 0.3) is 0 Å². The van der Waals surface area contributed by atoms with E-state index in [-0.39, 0.29) is 0 Å². The average Bonchev–Trinajstić information content (AvgIpc) is 2.83. The van der Waals surface area contributed by atoms with E-state index >= 15 is 0 Å². The summed E-state index contributed by atoms with van der Waals surface area (Å²) in [5, 5.41) is 3.68. The number of rotatable bonds is 3. The van der Waals surface area contributed by atoms with Crippen molar-refractivity contribution in [3.05, 3.63) is 29.8 Å². The first-order chi connectivity index (χ1) is 9.69. The summed E-state index contributed by atoms with van der Waals surface area (Å²) in [6.07, 6.45) is 4.22. The van der Waals surface area contributed by atoms with Crippen LogP contribution in [0.5, 0.6) is 0 Å². The molecule has 1 N–H and O–H groups in total. The van der Waals surface area contributed by atoms with Gasteiger partial charge in [0.25, 0.3) is 0 Å². The van der Waals surface area contributed by atoms with Crippen LogP contribution in [0, 0.1) is 17.8 Å². The van der Waals surface area contributed by atoms with Gasteiger partial charge in [0.05, 0.1) is 0 Å². The maximum atomic E-state index is 3.68. The predicted molar refractivity (Wildman–Crippen MR) is 88.4 cm³/mol. The summed E-state index contributed by atoms with van der Waals surface area (Å²) in [6, 6.07) is 9.67. The molecule has 0 spiro atoms. The maximum absolute atomic E-state index is 3.68. The Morgan fingerprint density at radius 1 is 1.10 bits per heavy atom. The zero-order valence-corrected chi connectivity index (χ0v) is 13.7. The van der Waals surface area contributed by atoms with Gasteiger partial charge in [-0.1, -0.05) is 32.0 Å². The normalized spacial score (nSPS) is 34.8. The molecule has 4 atom stereocenters. The third kappa shape index (κ3) is 2.78. The lowest BCUT2D eigenvalue weighted by atomic mass is 9.70. The number of thioether (sulfide) groups is 1. The van der Waals surface area contributed by atoms with Crippen molar-refractivity contribution in [2.45, 2.75) is 50.0 Å². The molecule has 20 heavy (non-hydrogen) atoms. The van der Waals surface area contributed by atoms with Gasteiger partial charge >= 0.3 is 0 Å². The molecule has 4 unspecified atom stereocenters. The van der Waals surface area contributed by atoms with Crippen LogP contribution in [0.3, 0.4) is 0 Å². The fourth-order valence-electron chi connectivity index (χ4n) is 4.55. The SMILES string of the molecule is CNC(C1CC(C)CC(C)C1)C1CSc2ccccc21. The molecular weight excluding hydrogens is 262 g/mol. The Bertz CT molecular complexity index is 448. The van der Waals surface area contributed by atoms with Crippen LogP contribution < -0.4 is 5.32 Å². The van der Waals surface area contributed by atoms with Crippen LogP contribution in [0.1, 0.15) is 44.6 Å². The first kappa shape index (κ1) is 14.5. The monoisotopic (exact) mass is 289 g/mol. The molecule has 0 radical (unpaired) electrons. The van der Waals surface area contributed by atoms with Crippen molar-refractivity contribution >= 4 is 11.8 Å². The van der Waals surface area contributed by atoms with E-state index in [9.17, 15) is 0 Å². The van der Waals surface area contributed by atoms with Crippen LogP contribution in [-0.4, -0.2) is 18.8 Å². The Labute approximate surface area is 127 Å². The molecule has 3 rings (SSSR count). The number of nitrogens with one attached hydrogen (secondary N) is 1. The van der Waals surface area contributed by atoms with E-state index in [0.29, 0.717) is 12.0 Å². The zero-order chi connectivity index (χ0) is 14.1. The minimum atomic E-state index is 0.649. The van der Waals surface area contributed by atoms with Crippen LogP contribution in [0.15, 0.2) is 29.2 Å². The molecule has 1 heterocycles. The molecule has 0 aromatic heterocycles. The van der Waals surface area contributed by atoms with E-state index in [1.54, 1.807) is 5.56 Å². The highest BCUT2D eigenvalue weighted by Gasteiger charge is 2.37. The predicted octanol–water partition coefficient (Wildman–Crippen LogP) is 4.54. The summed E-state index contributed by atoms with van der Waals surface area (Å²) in [4.78, 5) is 1.51. The summed E-state index contributed by atoms with van der Waals surface area (Å²) < 4.78 is 0. The number of likely N-dealkylation sites (N-methyl/N-ethyl adjacent to an activating group) is 1. The van der Waals surface area contributed by atoms with Crippen LogP contribution in [0.2, 0.25) is 0 Å². The standard InChI is InChI=1S/C18H27NS/c1-12-8-13(2)10-14(9-12)18(19-3)16-11-20-17-7-5-4-6-15(16)17/h4-7,12-14,16,18-19H,8-11H2,1-3H3. The fraction of sp³-hybridized carbons (Fsp3) is 0.667. The van der Waals surface area contributed by atoms with Gasteiger partial charge in [-0.3, -0.25) is 0 Å². The summed E-state index contributed by atoms with van der Waals surface area (Å²) >= 11 is 2.05. The molecule has 2 aliphatic rings. The van der Waals surface area contributed by atoms with Gasteiger partial charge in [-0.15, -0.1) is 11.8 Å². The lowest BCUT2D eigenvalue weighted by molar-refractivity contribution is 0.169. The molecule has 1 aromatic rings. The van der Waals surface area contributed by atoms with Gasteiger partial charge in [-0.25, -0.2) is 0 Å². The Morgan fingerprint density at radius 2 is 1.80 bits per heavy atom. The topological polar surface area (TPSA) is 12.0 Å². The molecular formula is C18H27NS. The second-order valence-electron chi connectivity index (χ2n) is 6.95. The summed E-state index contributed by atoms with van der Waals surface area (Å²) in [5.74, 6) is 4.58. The lowest BCUT2D eigenvalue weighted by Gasteiger charge is -2.39. The highest BCUT2D eigenvalue weighted by Crippen LogP contribution is 2.45. The number of hydrogen-bond donors (Lipinski definition) is 1. The molecule has 0 saturated heterocycles. The molecule has 1 aromatic carbocycles. The van der Waals surface area contributed by atoms with E-state index in [4.69, 9.17) is 0 Å². The number of benzene rings is 1. The largest absolute Gasteiger partial charge is 0.316 e. The summed E-state index contributed by atoms with van der Waals surface area (Å²) in [7, 11) is 2.17. The Hall–Kier alpha value is -0.470. The van der Waals surface area contributed by atoms with Gasteiger partial charge < -0.3 is 5.32 Å². The van der Waals surface area contributed by atoms with Crippen molar-refractivity contribution in [3.63, 3.8) is 0 Å². The van der Waals surface area contributed by atoms with Gasteiger partial charge in [0.15, 0.2) is 0 Å². The van der Waals surface area contributed by atoms with Crippen molar-refractivity contribution in [2.24, 2.45) is 17.8 Å². The molecule has 1 aliphatic heterocycles. The van der Waals surface area contributed by atoms with E-state index in [2.05, 4.69) is 50.5 Å². The van der Waals surface area contributed by atoms with Gasteiger partial charge in [-0.05, 0) is 55.7 Å². The highest BCUT2D eigenvalue weighted by molar-refractivity contribution is 7.99. The molecule has 0 bridgehead atoms. The Kier molecular flexibility index (Phi) is 4.42. The van der Waals surface area contributed by atoms with E-state index < -0.39 is 0 Å². The maximum Gasteiger partial charge on any atom is 0.0170 e. The third-order valence-corrected chi connectivity index (χ3v) is 6.44. The fourth-order valence-corrected chi connectivity index (χ4v) is 5.86. The van der Waals surface area contributed by atoms with Crippen molar-refractivity contribution in [1.29, 1.82) is 0 Å². The number of hydrogen-bond acceptors (Lipinski definition) is 2. The van der Waals surface area contributed by atoms with Crippen LogP contribution >= 0.6 is 11.8 Å². The second kappa shape index (κ2) is 6.11. The summed E-state index contributed by atoms with van der Waals surface area (Å²) in [5.41, 5.74) is 1.59. The Morgan fingerprint density at radius 3 is 2.50 bits per heavy atom. The van der Waals surface area contributed by atoms with E-state index in [1.165, 1.54) is 29.9 Å². The van der Waals surface area contributed by atoms with Crippen molar-refractivity contribution in [2.75, 3.05) is 12.8 Å². The Balaban J connectivity index is 1.80. The van der Waals surface area contributed by atoms with E-state index in [1.807, 2.05) is 11.8 Å². The van der Waals surface area contributed by atoms with Crippen molar-refractivity contribution in [1.82, 2.24) is 5.32 Å². The van der Waals surface area contributed by atoms with Crippen LogP contribution in [-0.2, 0) is 0 Å². The van der Waals surface area contributed by atoms with Crippen molar-refractivity contribution in [3.8, 4) is 0 Å². The van der Waals surface area contributed by atoms with Gasteiger partial charge in [-0.2, -0.15) is 0 Å². The van der Waals surface area contributed by atoms with Gasteiger partial charge in [0, 0.05) is 22.6 Å². The first-order valence-corrected chi connectivity index (χ1v) is 9.06. The quantitative estimate of drug-likeness (QED) is 0.877. The molecule has 2 heteroatoms. The van der Waals surface area contributed by atoms with Crippen LogP contribution in [0.4, 0.5) is 0 Å². The first-order valence-electron chi connectivity index (χ1n) is 8.08. The van der Waals surface area contributed by atoms with Crippen molar-refractivity contribution < 1.29 is 0 Å². The van der Waals surface area contributed by atoms with Gasteiger partial charge in [0.2, 0.25) is 0 Å².